The Balaban J connectivity index is 0.00000106. The second kappa shape index (κ2) is 25.6. The predicted molar refractivity (Wildman–Crippen MR) is 279 cm³/mol. The average molecular weight is 918 g/mol. The van der Waals surface area contributed by atoms with Crippen LogP contribution in [0.5, 0.6) is 0 Å². The van der Waals surface area contributed by atoms with Crippen LogP contribution in [-0.2, 0) is 10.0 Å². The van der Waals surface area contributed by atoms with Gasteiger partial charge in [0.2, 0.25) is 10.0 Å². The van der Waals surface area contributed by atoms with Gasteiger partial charge in [-0.2, -0.15) is 4.31 Å². The van der Waals surface area contributed by atoms with Gasteiger partial charge in [-0.25, -0.2) is 13.2 Å². The largest absolute Gasteiger partial charge is 0.478 e. The van der Waals surface area contributed by atoms with E-state index in [1.807, 2.05) is 52.0 Å². The Morgan fingerprint density at radius 1 is 0.773 bits per heavy atom. The lowest BCUT2D eigenvalue weighted by Gasteiger charge is -2.68. The molecule has 6 aliphatic rings. The van der Waals surface area contributed by atoms with Crippen LogP contribution in [0, 0.1) is 104 Å². The molecular weight excluding hydrogens is 835 g/mol. The minimum Gasteiger partial charge on any atom is -0.478 e. The highest BCUT2D eigenvalue weighted by Crippen LogP contribution is 2.72. The third-order valence-corrected chi connectivity index (χ3v) is 18.3. The maximum absolute atomic E-state index is 13.3. The van der Waals surface area contributed by atoms with E-state index in [4.69, 9.17) is 0 Å². The fourth-order valence-corrected chi connectivity index (χ4v) is 15.4. The second-order valence-corrected chi connectivity index (χ2v) is 21.5. The van der Waals surface area contributed by atoms with Crippen LogP contribution in [0.15, 0.2) is 72.2 Å². The van der Waals surface area contributed by atoms with Crippen LogP contribution in [0.2, 0.25) is 0 Å². The third-order valence-electron chi connectivity index (χ3n) is 16.4. The molecule has 5 fully saturated rings. The lowest BCUT2D eigenvalue weighted by atomic mass is 9.37. The van der Waals surface area contributed by atoms with E-state index in [0.717, 1.165) is 61.8 Å². The fourth-order valence-electron chi connectivity index (χ4n) is 13.9. The van der Waals surface area contributed by atoms with Crippen molar-refractivity contribution in [2.24, 2.45) is 45.8 Å². The first-order chi connectivity index (χ1) is 31.6. The van der Waals surface area contributed by atoms with Gasteiger partial charge in [0.25, 0.3) is 0 Å². The zero-order valence-electron chi connectivity index (χ0n) is 41.8. The summed E-state index contributed by atoms with van der Waals surface area (Å²) in [6.07, 6.45) is 49.4. The minimum atomic E-state index is -3.44. The van der Waals surface area contributed by atoms with E-state index in [9.17, 15) is 18.3 Å². The summed E-state index contributed by atoms with van der Waals surface area (Å²) in [4.78, 5) is 14.4. The van der Waals surface area contributed by atoms with Gasteiger partial charge in [0.15, 0.2) is 0 Å². The van der Waals surface area contributed by atoms with Gasteiger partial charge in [0, 0.05) is 44.8 Å². The van der Waals surface area contributed by atoms with Crippen molar-refractivity contribution in [3.63, 3.8) is 0 Å². The highest BCUT2D eigenvalue weighted by molar-refractivity contribution is 7.89. The Hall–Kier alpha value is -4.54. The van der Waals surface area contributed by atoms with Crippen molar-refractivity contribution in [2.45, 2.75) is 130 Å². The van der Waals surface area contributed by atoms with E-state index in [0.29, 0.717) is 34.9 Å². The smallest absolute Gasteiger partial charge is 0.335 e. The number of terminal acetylenes is 4. The van der Waals surface area contributed by atoms with Crippen LogP contribution in [-0.4, -0.2) is 73.5 Å². The number of sulfonamides is 1. The monoisotopic (exact) mass is 918 g/mol. The molecule has 2 N–H and O–H groups in total. The van der Waals surface area contributed by atoms with Crippen molar-refractivity contribution < 1.29 is 18.3 Å². The normalized spacial score (nSPS) is 30.2. The Kier molecular flexibility index (Phi) is 22.3. The molecule has 7 nitrogen and oxygen atoms in total. The van der Waals surface area contributed by atoms with Gasteiger partial charge in [-0.3, -0.25) is 4.90 Å². The molecule has 0 spiro atoms. The Bertz CT molecular complexity index is 2050. The first-order valence-electron chi connectivity index (χ1n) is 24.1. The number of benzene rings is 2. The Morgan fingerprint density at radius 2 is 1.35 bits per heavy atom. The molecule has 8 heteroatoms. The molecule has 0 aromatic heterocycles. The minimum absolute atomic E-state index is 0.0367. The number of hydrogen-bond acceptors (Lipinski definition) is 5. The van der Waals surface area contributed by atoms with Crippen molar-refractivity contribution in [1.82, 2.24) is 14.5 Å². The molecule has 2 aromatic carbocycles. The number of hydrogen-bond donors (Lipinski definition) is 2. The number of nitrogens with zero attached hydrogens (tertiary/aromatic N) is 2. The van der Waals surface area contributed by atoms with Gasteiger partial charge in [-0.15, -0.1) is 58.0 Å². The zero-order chi connectivity index (χ0) is 50.1. The maximum atomic E-state index is 13.3. The summed E-state index contributed by atoms with van der Waals surface area (Å²) in [5.41, 5.74) is 4.98. The van der Waals surface area contributed by atoms with E-state index < -0.39 is 16.0 Å². The van der Waals surface area contributed by atoms with Crippen LogP contribution in [0.3, 0.4) is 0 Å². The molecule has 8 atom stereocenters. The topological polar surface area (TPSA) is 90.0 Å². The van der Waals surface area contributed by atoms with Crippen molar-refractivity contribution >= 4 is 21.6 Å². The number of fused-ring (bicyclic) bond motifs is 7. The number of carboxylic acids is 1. The molecule has 0 bridgehead atoms. The summed E-state index contributed by atoms with van der Waals surface area (Å²) in [7, 11) is -3.44. The van der Waals surface area contributed by atoms with Crippen molar-refractivity contribution in [2.75, 3.05) is 39.3 Å². The first kappa shape index (κ1) is 57.6. The second-order valence-electron chi connectivity index (χ2n) is 19.5. The van der Waals surface area contributed by atoms with E-state index >= 15 is 0 Å². The van der Waals surface area contributed by atoms with Gasteiger partial charge in [0.1, 0.15) is 0 Å². The molecule has 5 aliphatic carbocycles. The van der Waals surface area contributed by atoms with Crippen molar-refractivity contribution in [1.29, 1.82) is 0 Å². The molecule has 8 rings (SSSR count). The summed E-state index contributed by atoms with van der Waals surface area (Å²) < 4.78 is 28.2. The molecule has 360 valence electrons. The standard InChI is InChI=1S/C45H63N3O4S.C3H6.C2H6.4C2H2/c1-31-8-14-34(15-9-31)53(51,52)48-29-27-47(28-30-48)26-25-46-45-21-6-7-38(45)35-16-17-40-43(4,37(35)19-24-45)23-20-39-42(2,3)36(18-22-44(39,40)5)32-10-12-33(13-11-32)41(49)50;1-3-2;5*1-2/h8-15,18,35,37-40,46H,6-7,16-17,19-30H2,1-5H3,(H,49,50);3H,1H2,2H3;1-2H3;4*1-2H/t35-,37?,38?,39?,40?,43-,44-,45-;;;;;;/m0....../s1. The van der Waals surface area contributed by atoms with Gasteiger partial charge in [-0.05, 0) is 153 Å². The molecule has 2 aromatic rings. The summed E-state index contributed by atoms with van der Waals surface area (Å²) in [6, 6.07) is 14.8. The molecule has 1 aliphatic heterocycles. The van der Waals surface area contributed by atoms with Gasteiger partial charge < -0.3 is 10.4 Å². The SMILES string of the molecule is C#C.C#C.C#C.C#C.C=CC.CC.Cc1ccc(S(=O)(=O)N2CCN(CCN[C@]34CCCC3[C@H]3CCC5[C@@](C)(CCC6C(C)(C)C(c7ccc(C(=O)O)cc7)=CC[C@@]65C)C3CC4)CC2)cc1. The molecule has 4 unspecified atom stereocenters. The Labute approximate surface area is 403 Å². The number of carbonyl (C=O) groups is 1. The van der Waals surface area contributed by atoms with Gasteiger partial charge in [0.05, 0.1) is 10.5 Å². The lowest BCUT2D eigenvalue weighted by molar-refractivity contribution is -0.172. The summed E-state index contributed by atoms with van der Waals surface area (Å²) >= 11 is 0. The molecule has 0 radical (unpaired) electrons. The van der Waals surface area contributed by atoms with E-state index in [1.165, 1.54) is 68.9 Å². The maximum Gasteiger partial charge on any atom is 0.335 e. The zero-order valence-corrected chi connectivity index (χ0v) is 42.6. The third kappa shape index (κ3) is 11.6. The van der Waals surface area contributed by atoms with Gasteiger partial charge in [-0.1, -0.05) is 89.9 Å². The average Bonchev–Trinajstić information content (AvgIpc) is 3.77. The van der Waals surface area contributed by atoms with E-state index in [2.05, 4.69) is 102 Å². The molecule has 1 saturated heterocycles. The number of aromatic carboxylic acids is 1. The van der Waals surface area contributed by atoms with Crippen molar-refractivity contribution in [3.8, 4) is 51.4 Å². The molecule has 0 amide bonds. The van der Waals surface area contributed by atoms with Gasteiger partial charge >= 0.3 is 5.97 Å². The fraction of sp³-hybridized carbons (Fsp3) is 0.569. The van der Waals surface area contributed by atoms with Crippen LogP contribution < -0.4 is 5.32 Å². The number of carboxylic acid groups (broad SMARTS) is 1. The summed E-state index contributed by atoms with van der Waals surface area (Å²) in [5, 5.41) is 13.7. The van der Waals surface area contributed by atoms with Crippen molar-refractivity contribution in [3.05, 3.63) is 84.0 Å². The number of piperazine rings is 1. The van der Waals surface area contributed by atoms with Crippen LogP contribution in [0.25, 0.3) is 5.57 Å². The molecule has 1 heterocycles. The lowest BCUT2D eigenvalue weighted by Crippen LogP contribution is -2.64. The predicted octanol–water partition coefficient (Wildman–Crippen LogP) is 11.7. The van der Waals surface area contributed by atoms with Crippen LogP contribution in [0.4, 0.5) is 0 Å². The highest BCUT2D eigenvalue weighted by Gasteiger charge is 2.65. The van der Waals surface area contributed by atoms with E-state index in [1.54, 1.807) is 34.6 Å². The number of allylic oxidation sites excluding steroid dienone is 3. The molecule has 4 saturated carbocycles. The Morgan fingerprint density at radius 3 is 1.91 bits per heavy atom. The molecule has 66 heavy (non-hydrogen) atoms. The quantitative estimate of drug-likeness (QED) is 0.203. The highest BCUT2D eigenvalue weighted by atomic mass is 32.2. The van der Waals surface area contributed by atoms with E-state index in [-0.39, 0.29) is 16.4 Å². The molecular formula is C58H83N3O4S. The first-order valence-corrected chi connectivity index (χ1v) is 25.5. The van der Waals surface area contributed by atoms with Crippen LogP contribution in [0.1, 0.15) is 134 Å². The number of aryl methyl sites for hydroxylation is 1. The number of rotatable bonds is 8. The van der Waals surface area contributed by atoms with Crippen LogP contribution >= 0.6 is 0 Å². The summed E-state index contributed by atoms with van der Waals surface area (Å²) in [6.45, 7) is 26.2. The summed E-state index contributed by atoms with van der Waals surface area (Å²) in [5.74, 6) is 2.87. The number of nitrogens with one attached hydrogen (secondary N) is 1.